The summed E-state index contributed by atoms with van der Waals surface area (Å²) >= 11 is 0. The van der Waals surface area contributed by atoms with Crippen LogP contribution >= 0.6 is 0 Å². The number of aryl methyl sites for hydroxylation is 1. The summed E-state index contributed by atoms with van der Waals surface area (Å²) in [4.78, 5) is 55.2. The van der Waals surface area contributed by atoms with Gasteiger partial charge in [0.05, 0.1) is 6.54 Å². The normalized spacial score (nSPS) is 16.5. The Bertz CT molecular complexity index is 758. The number of urea groups is 1. The third-order valence-corrected chi connectivity index (χ3v) is 4.97. The standard InChI is InChI=1S/C20H28N4O4/c1-6-22(7-2)18(26)12-21(5)17(25)13-23-19(27)15(4)24(20(23)28)16-10-8-14(3)9-11-16/h8-11,15H,6-7,12-13H2,1-5H3/t15-/m0/s1. The third kappa shape index (κ3) is 4.32. The molecule has 28 heavy (non-hydrogen) atoms. The molecule has 1 heterocycles. The zero-order valence-electron chi connectivity index (χ0n) is 17.1. The van der Waals surface area contributed by atoms with Crippen LogP contribution in [-0.2, 0) is 14.4 Å². The van der Waals surface area contributed by atoms with Crippen molar-refractivity contribution in [3.8, 4) is 0 Å². The van der Waals surface area contributed by atoms with E-state index in [9.17, 15) is 19.2 Å². The van der Waals surface area contributed by atoms with E-state index in [4.69, 9.17) is 0 Å². The Morgan fingerprint density at radius 3 is 2.14 bits per heavy atom. The number of anilines is 1. The first-order valence-corrected chi connectivity index (χ1v) is 9.44. The number of carbonyl (C=O) groups is 4. The van der Waals surface area contributed by atoms with Gasteiger partial charge in [-0.05, 0) is 39.8 Å². The number of hydrogen-bond donors (Lipinski definition) is 0. The van der Waals surface area contributed by atoms with Gasteiger partial charge < -0.3 is 9.80 Å². The minimum Gasteiger partial charge on any atom is -0.342 e. The summed E-state index contributed by atoms with van der Waals surface area (Å²) in [5.41, 5.74) is 1.65. The van der Waals surface area contributed by atoms with Gasteiger partial charge in [-0.1, -0.05) is 17.7 Å². The van der Waals surface area contributed by atoms with Crippen molar-refractivity contribution in [3.05, 3.63) is 29.8 Å². The predicted octanol–water partition coefficient (Wildman–Crippen LogP) is 1.48. The lowest BCUT2D eigenvalue weighted by Crippen LogP contribution is -2.46. The smallest absolute Gasteiger partial charge is 0.332 e. The van der Waals surface area contributed by atoms with E-state index < -0.39 is 23.9 Å². The van der Waals surface area contributed by atoms with Gasteiger partial charge in [0.1, 0.15) is 12.6 Å². The number of hydrogen-bond acceptors (Lipinski definition) is 4. The van der Waals surface area contributed by atoms with Crippen LogP contribution < -0.4 is 4.90 Å². The van der Waals surface area contributed by atoms with Crippen molar-refractivity contribution in [3.63, 3.8) is 0 Å². The number of amides is 5. The molecule has 1 aliphatic rings. The summed E-state index contributed by atoms with van der Waals surface area (Å²) in [5, 5.41) is 0. The number of imide groups is 1. The number of rotatable bonds is 7. The van der Waals surface area contributed by atoms with E-state index in [1.165, 1.54) is 16.8 Å². The van der Waals surface area contributed by atoms with Crippen LogP contribution in [0.15, 0.2) is 24.3 Å². The summed E-state index contributed by atoms with van der Waals surface area (Å²) in [6.07, 6.45) is 0. The van der Waals surface area contributed by atoms with Crippen molar-refractivity contribution in [2.75, 3.05) is 38.1 Å². The quantitative estimate of drug-likeness (QED) is 0.663. The van der Waals surface area contributed by atoms with Gasteiger partial charge in [0, 0.05) is 25.8 Å². The number of benzene rings is 1. The lowest BCUT2D eigenvalue weighted by Gasteiger charge is -2.24. The molecule has 1 fully saturated rings. The van der Waals surface area contributed by atoms with E-state index in [0.29, 0.717) is 18.8 Å². The maximum absolute atomic E-state index is 12.8. The van der Waals surface area contributed by atoms with Crippen LogP contribution in [0, 0.1) is 6.92 Å². The second kappa shape index (κ2) is 8.86. The van der Waals surface area contributed by atoms with Crippen molar-refractivity contribution < 1.29 is 19.2 Å². The maximum atomic E-state index is 12.8. The molecule has 152 valence electrons. The third-order valence-electron chi connectivity index (χ3n) is 4.97. The molecule has 8 heteroatoms. The molecule has 8 nitrogen and oxygen atoms in total. The van der Waals surface area contributed by atoms with E-state index in [-0.39, 0.29) is 19.0 Å². The lowest BCUT2D eigenvalue weighted by atomic mass is 10.2. The zero-order chi connectivity index (χ0) is 21.0. The number of likely N-dealkylation sites (N-methyl/N-ethyl adjacent to an activating group) is 2. The Hall–Kier alpha value is -2.90. The van der Waals surface area contributed by atoms with Gasteiger partial charge >= 0.3 is 6.03 Å². The first-order chi connectivity index (χ1) is 13.2. The molecular weight excluding hydrogens is 360 g/mol. The van der Waals surface area contributed by atoms with Gasteiger partial charge in [0.15, 0.2) is 0 Å². The fourth-order valence-corrected chi connectivity index (χ4v) is 3.13. The highest BCUT2D eigenvalue weighted by atomic mass is 16.2. The highest BCUT2D eigenvalue weighted by Crippen LogP contribution is 2.26. The average Bonchev–Trinajstić information content (AvgIpc) is 2.87. The molecule has 1 aromatic rings. The largest absolute Gasteiger partial charge is 0.342 e. The van der Waals surface area contributed by atoms with Crippen molar-refractivity contribution in [1.82, 2.24) is 14.7 Å². The molecule has 0 N–H and O–H groups in total. The molecule has 0 radical (unpaired) electrons. The van der Waals surface area contributed by atoms with Gasteiger partial charge in [-0.25, -0.2) is 4.79 Å². The average molecular weight is 388 g/mol. The predicted molar refractivity (Wildman–Crippen MR) is 106 cm³/mol. The molecule has 0 saturated carbocycles. The molecule has 0 aliphatic carbocycles. The van der Waals surface area contributed by atoms with Crippen molar-refractivity contribution in [2.45, 2.75) is 33.7 Å². The molecule has 1 aromatic carbocycles. The topological polar surface area (TPSA) is 81.2 Å². The number of carbonyl (C=O) groups excluding carboxylic acids is 4. The van der Waals surface area contributed by atoms with Crippen molar-refractivity contribution in [1.29, 1.82) is 0 Å². The minimum absolute atomic E-state index is 0.0893. The fourth-order valence-electron chi connectivity index (χ4n) is 3.13. The Morgan fingerprint density at radius 2 is 1.61 bits per heavy atom. The Balaban J connectivity index is 2.07. The first kappa shape index (κ1) is 21.4. The van der Waals surface area contributed by atoms with E-state index in [0.717, 1.165) is 10.5 Å². The SMILES string of the molecule is CCN(CC)C(=O)CN(C)C(=O)CN1C(=O)[C@H](C)N(c2ccc(C)cc2)C1=O. The molecular formula is C20H28N4O4. The molecule has 0 bridgehead atoms. The summed E-state index contributed by atoms with van der Waals surface area (Å²) in [6, 6.07) is 6.05. The second-order valence-corrected chi connectivity index (χ2v) is 6.90. The summed E-state index contributed by atoms with van der Waals surface area (Å²) in [5.74, 6) is -1.06. The van der Waals surface area contributed by atoms with Gasteiger partial charge in [-0.15, -0.1) is 0 Å². The molecule has 2 rings (SSSR count). The summed E-state index contributed by atoms with van der Waals surface area (Å²) < 4.78 is 0. The Morgan fingerprint density at radius 1 is 1.04 bits per heavy atom. The summed E-state index contributed by atoms with van der Waals surface area (Å²) in [7, 11) is 1.50. The molecule has 5 amide bonds. The van der Waals surface area contributed by atoms with Gasteiger partial charge in [-0.3, -0.25) is 24.2 Å². The highest BCUT2D eigenvalue weighted by Gasteiger charge is 2.44. The minimum atomic E-state index is -0.689. The van der Waals surface area contributed by atoms with Crippen LogP contribution in [0.25, 0.3) is 0 Å². The van der Waals surface area contributed by atoms with Gasteiger partial charge in [0.2, 0.25) is 11.8 Å². The van der Waals surface area contributed by atoms with Crippen LogP contribution in [0.4, 0.5) is 10.5 Å². The second-order valence-electron chi connectivity index (χ2n) is 6.90. The molecule has 0 aromatic heterocycles. The van der Waals surface area contributed by atoms with Crippen LogP contribution in [0.2, 0.25) is 0 Å². The first-order valence-electron chi connectivity index (χ1n) is 9.44. The highest BCUT2D eigenvalue weighted by molar-refractivity contribution is 6.15. The van der Waals surface area contributed by atoms with E-state index >= 15 is 0 Å². The molecule has 1 atom stereocenters. The number of nitrogens with zero attached hydrogens (tertiary/aromatic N) is 4. The van der Waals surface area contributed by atoms with Crippen LogP contribution in [0.1, 0.15) is 26.3 Å². The molecule has 0 spiro atoms. The van der Waals surface area contributed by atoms with E-state index in [2.05, 4.69) is 0 Å². The monoisotopic (exact) mass is 388 g/mol. The Kier molecular flexibility index (Phi) is 6.77. The molecule has 1 saturated heterocycles. The van der Waals surface area contributed by atoms with Crippen molar-refractivity contribution in [2.24, 2.45) is 0 Å². The zero-order valence-corrected chi connectivity index (χ0v) is 17.1. The van der Waals surface area contributed by atoms with E-state index in [1.54, 1.807) is 24.0 Å². The van der Waals surface area contributed by atoms with Crippen LogP contribution in [0.5, 0.6) is 0 Å². The molecule has 1 aliphatic heterocycles. The fraction of sp³-hybridized carbons (Fsp3) is 0.500. The van der Waals surface area contributed by atoms with Crippen LogP contribution in [-0.4, -0.2) is 77.7 Å². The Labute approximate surface area is 165 Å². The maximum Gasteiger partial charge on any atom is 0.332 e. The van der Waals surface area contributed by atoms with Gasteiger partial charge in [-0.2, -0.15) is 0 Å². The van der Waals surface area contributed by atoms with Gasteiger partial charge in [0.25, 0.3) is 5.91 Å². The molecule has 0 unspecified atom stereocenters. The lowest BCUT2D eigenvalue weighted by molar-refractivity contribution is -0.141. The van der Waals surface area contributed by atoms with Crippen LogP contribution in [0.3, 0.4) is 0 Å². The van der Waals surface area contributed by atoms with E-state index in [1.807, 2.05) is 32.9 Å². The van der Waals surface area contributed by atoms with Crippen molar-refractivity contribution >= 4 is 29.4 Å². The summed E-state index contributed by atoms with van der Waals surface area (Å²) in [6.45, 7) is 7.95.